The van der Waals surface area contributed by atoms with E-state index in [-0.39, 0.29) is 21.2 Å². The number of nitrogens with zero attached hydrogens (tertiary/aromatic N) is 1. The van der Waals surface area contributed by atoms with Crippen molar-refractivity contribution in [1.82, 2.24) is 10.9 Å². The zero-order valence-corrected chi connectivity index (χ0v) is 19.5. The quantitative estimate of drug-likeness (QED) is 0.409. The van der Waals surface area contributed by atoms with Gasteiger partial charge < -0.3 is 4.74 Å². The number of carbonyl (C=O) groups excluding carboxylic acids is 2. The minimum atomic E-state index is -4.12. The van der Waals surface area contributed by atoms with Crippen molar-refractivity contribution >= 4 is 50.7 Å². The molecule has 0 aliphatic carbocycles. The van der Waals surface area contributed by atoms with E-state index >= 15 is 0 Å². The van der Waals surface area contributed by atoms with E-state index in [1.807, 2.05) is 6.07 Å². The normalized spacial score (nSPS) is 10.6. The fourth-order valence-corrected chi connectivity index (χ4v) is 4.30. The van der Waals surface area contributed by atoms with E-state index in [0.29, 0.717) is 16.3 Å². The van der Waals surface area contributed by atoms with Gasteiger partial charge in [-0.25, -0.2) is 8.42 Å². The molecule has 3 aromatic rings. The molecule has 9 nitrogen and oxygen atoms in total. The highest BCUT2D eigenvalue weighted by atomic mass is 35.5. The van der Waals surface area contributed by atoms with Gasteiger partial charge in [0.1, 0.15) is 10.6 Å². The molecule has 0 heterocycles. The summed E-state index contributed by atoms with van der Waals surface area (Å²) < 4.78 is 33.1. The molecule has 0 atom stereocenters. The maximum atomic E-state index is 12.7. The molecule has 0 aromatic heterocycles. The molecule has 0 radical (unpaired) electrons. The Morgan fingerprint density at radius 1 is 0.941 bits per heavy atom. The van der Waals surface area contributed by atoms with Crippen LogP contribution in [0.4, 0.5) is 5.69 Å². The number of nitrogens with one attached hydrogen (secondary N) is 3. The molecule has 0 saturated carbocycles. The van der Waals surface area contributed by atoms with Crippen molar-refractivity contribution in [3.05, 3.63) is 87.9 Å². The zero-order valence-electron chi connectivity index (χ0n) is 17.2. The lowest BCUT2D eigenvalue weighted by Crippen LogP contribution is -2.43. The molecule has 3 aromatic carbocycles. The molecule has 0 unspecified atom stereocenters. The van der Waals surface area contributed by atoms with Crippen LogP contribution < -0.4 is 20.3 Å². The molecule has 2 amide bonds. The van der Waals surface area contributed by atoms with Gasteiger partial charge in [-0.2, -0.15) is 5.26 Å². The van der Waals surface area contributed by atoms with Gasteiger partial charge in [0, 0.05) is 16.3 Å². The number of ether oxygens (including phenoxy) is 1. The first-order valence-corrected chi connectivity index (χ1v) is 11.7. The van der Waals surface area contributed by atoms with Crippen LogP contribution in [0.3, 0.4) is 0 Å². The van der Waals surface area contributed by atoms with Crippen molar-refractivity contribution in [3.8, 4) is 11.8 Å². The number of carbonyl (C=O) groups is 2. The maximum Gasteiger partial charge on any atom is 0.276 e. The monoisotopic (exact) mass is 518 g/mol. The van der Waals surface area contributed by atoms with E-state index in [2.05, 4.69) is 15.6 Å². The Bertz CT molecular complexity index is 1360. The van der Waals surface area contributed by atoms with E-state index in [1.165, 1.54) is 60.7 Å². The molecule has 12 heteroatoms. The van der Waals surface area contributed by atoms with Crippen molar-refractivity contribution in [2.24, 2.45) is 0 Å². The van der Waals surface area contributed by atoms with Crippen LogP contribution in [0.25, 0.3) is 0 Å². The lowest BCUT2D eigenvalue weighted by Gasteiger charge is -2.12. The summed E-state index contributed by atoms with van der Waals surface area (Å²) in [7, 11) is -4.12. The Morgan fingerprint density at radius 3 is 2.26 bits per heavy atom. The SMILES string of the molecule is N#Cc1ccc(OCC(=O)NNC(=O)c2ccc(Cl)c(S(=O)(=O)Nc3ccc(Cl)cc3)c2)cc1. The van der Waals surface area contributed by atoms with Crippen molar-refractivity contribution in [1.29, 1.82) is 5.26 Å². The summed E-state index contributed by atoms with van der Waals surface area (Å²) >= 11 is 11.9. The summed E-state index contributed by atoms with van der Waals surface area (Å²) in [6, 6.07) is 17.7. The number of rotatable bonds is 7. The van der Waals surface area contributed by atoms with Gasteiger partial charge in [0.25, 0.3) is 21.8 Å². The predicted molar refractivity (Wildman–Crippen MR) is 126 cm³/mol. The fraction of sp³-hybridized carbons (Fsp3) is 0.0455. The van der Waals surface area contributed by atoms with Crippen LogP contribution in [0.5, 0.6) is 5.75 Å². The van der Waals surface area contributed by atoms with Gasteiger partial charge >= 0.3 is 0 Å². The molecule has 3 rings (SSSR count). The number of benzene rings is 3. The minimum absolute atomic E-state index is 0.0609. The Kier molecular flexibility index (Phi) is 7.96. The summed E-state index contributed by atoms with van der Waals surface area (Å²) in [5.74, 6) is -1.07. The van der Waals surface area contributed by atoms with E-state index < -0.39 is 28.4 Å². The van der Waals surface area contributed by atoms with Gasteiger partial charge in [-0.1, -0.05) is 23.2 Å². The third-order valence-electron chi connectivity index (χ3n) is 4.25. The van der Waals surface area contributed by atoms with Crippen molar-refractivity contribution in [2.45, 2.75) is 4.90 Å². The van der Waals surface area contributed by atoms with Crippen molar-refractivity contribution < 1.29 is 22.7 Å². The van der Waals surface area contributed by atoms with E-state index in [4.69, 9.17) is 33.2 Å². The van der Waals surface area contributed by atoms with Gasteiger partial charge in [0.2, 0.25) is 0 Å². The van der Waals surface area contributed by atoms with Crippen LogP contribution in [0.2, 0.25) is 10.0 Å². The average molecular weight is 519 g/mol. The zero-order chi connectivity index (χ0) is 24.7. The Morgan fingerprint density at radius 2 is 1.62 bits per heavy atom. The first-order valence-electron chi connectivity index (χ1n) is 9.48. The second kappa shape index (κ2) is 10.9. The fourth-order valence-electron chi connectivity index (χ4n) is 2.59. The lowest BCUT2D eigenvalue weighted by molar-refractivity contribution is -0.123. The van der Waals surface area contributed by atoms with Crippen LogP contribution in [0.1, 0.15) is 15.9 Å². The molecule has 0 spiro atoms. The first-order chi connectivity index (χ1) is 16.2. The second-order valence-electron chi connectivity index (χ2n) is 6.68. The molecule has 0 aliphatic heterocycles. The van der Waals surface area contributed by atoms with Crippen LogP contribution >= 0.6 is 23.2 Å². The van der Waals surface area contributed by atoms with Gasteiger partial charge in [-0.15, -0.1) is 0 Å². The number of sulfonamides is 1. The van der Waals surface area contributed by atoms with Gasteiger partial charge in [-0.3, -0.25) is 25.2 Å². The third-order valence-corrected chi connectivity index (χ3v) is 6.36. The second-order valence-corrected chi connectivity index (χ2v) is 9.18. The van der Waals surface area contributed by atoms with E-state index in [1.54, 1.807) is 0 Å². The Labute approximate surface area is 205 Å². The summed E-state index contributed by atoms with van der Waals surface area (Å²) in [6.07, 6.45) is 0. The Hall–Kier alpha value is -3.78. The van der Waals surface area contributed by atoms with E-state index in [0.717, 1.165) is 6.07 Å². The summed E-state index contributed by atoms with van der Waals surface area (Å²) in [5.41, 5.74) is 4.97. The predicted octanol–water partition coefficient (Wildman–Crippen LogP) is 3.51. The van der Waals surface area contributed by atoms with Gasteiger partial charge in [0.05, 0.1) is 16.7 Å². The number of hydrogen-bond donors (Lipinski definition) is 3. The molecule has 3 N–H and O–H groups in total. The number of halogens is 2. The molecule has 0 fully saturated rings. The standard InChI is InChI=1S/C22H16Cl2N4O5S/c23-16-4-6-17(7-5-16)28-34(31,32)20-11-15(3-10-19(20)24)22(30)27-26-21(29)13-33-18-8-1-14(12-25)2-9-18/h1-11,28H,13H2,(H,26,29)(H,27,30). The van der Waals surface area contributed by atoms with E-state index in [9.17, 15) is 18.0 Å². The molecular formula is C22H16Cl2N4O5S. The summed E-state index contributed by atoms with van der Waals surface area (Å²) in [6.45, 7) is -0.405. The Balaban J connectivity index is 1.61. The number of hydrogen-bond acceptors (Lipinski definition) is 6. The summed E-state index contributed by atoms with van der Waals surface area (Å²) in [4.78, 5) is 24.0. The highest BCUT2D eigenvalue weighted by Crippen LogP contribution is 2.25. The summed E-state index contributed by atoms with van der Waals surface area (Å²) in [5, 5.41) is 9.11. The highest BCUT2D eigenvalue weighted by molar-refractivity contribution is 7.92. The number of anilines is 1. The highest BCUT2D eigenvalue weighted by Gasteiger charge is 2.21. The number of hydrazine groups is 1. The van der Waals surface area contributed by atoms with Crippen molar-refractivity contribution in [2.75, 3.05) is 11.3 Å². The van der Waals surface area contributed by atoms with Crippen molar-refractivity contribution in [3.63, 3.8) is 0 Å². The molecular weight excluding hydrogens is 503 g/mol. The number of nitriles is 1. The molecule has 0 bridgehead atoms. The third kappa shape index (κ3) is 6.62. The maximum absolute atomic E-state index is 12.7. The van der Waals surface area contributed by atoms with Crippen LogP contribution in [0, 0.1) is 11.3 Å². The molecule has 34 heavy (non-hydrogen) atoms. The molecule has 174 valence electrons. The average Bonchev–Trinajstić information content (AvgIpc) is 2.83. The molecule has 0 aliphatic rings. The number of amides is 2. The van der Waals surface area contributed by atoms with Crippen LogP contribution in [0.15, 0.2) is 71.6 Å². The first kappa shape index (κ1) is 24.9. The van der Waals surface area contributed by atoms with Gasteiger partial charge in [0.15, 0.2) is 6.61 Å². The largest absolute Gasteiger partial charge is 0.484 e. The van der Waals surface area contributed by atoms with Crippen LogP contribution in [-0.2, 0) is 14.8 Å². The lowest BCUT2D eigenvalue weighted by atomic mass is 10.2. The van der Waals surface area contributed by atoms with Gasteiger partial charge in [-0.05, 0) is 66.7 Å². The smallest absolute Gasteiger partial charge is 0.276 e. The minimum Gasteiger partial charge on any atom is -0.484 e. The topological polar surface area (TPSA) is 137 Å². The van der Waals surface area contributed by atoms with Crippen LogP contribution in [-0.4, -0.2) is 26.8 Å². The molecule has 0 saturated heterocycles.